The summed E-state index contributed by atoms with van der Waals surface area (Å²) < 4.78 is 21.8. The van der Waals surface area contributed by atoms with Crippen LogP contribution in [0.3, 0.4) is 0 Å². The first-order valence-corrected chi connectivity index (χ1v) is 2.78. The number of nitrogens with zero attached hydrogens (tertiary/aromatic N) is 1. The molecule has 0 fully saturated rings. The highest BCUT2D eigenvalue weighted by atomic mass is 31.1. The number of hydrogen-bond acceptors (Lipinski definition) is 1. The van der Waals surface area contributed by atoms with E-state index in [2.05, 4.69) is 0 Å². The van der Waals surface area contributed by atoms with Gasteiger partial charge in [0.15, 0.2) is 0 Å². The molecular formula is C2H6F2NP. The molecule has 1 unspecified atom stereocenters. The van der Waals surface area contributed by atoms with Crippen molar-refractivity contribution in [1.82, 2.24) is 5.11 Å². The molecule has 0 saturated carbocycles. The van der Waals surface area contributed by atoms with Crippen LogP contribution in [-0.2, 0) is 0 Å². The lowest BCUT2D eigenvalue weighted by molar-refractivity contribution is -0.0455. The molecule has 0 aromatic heterocycles. The van der Waals surface area contributed by atoms with Gasteiger partial charge in [0, 0.05) is 13.8 Å². The van der Waals surface area contributed by atoms with E-state index in [4.69, 9.17) is 0 Å². The van der Waals surface area contributed by atoms with Crippen LogP contribution in [0.1, 0.15) is 6.92 Å². The molecule has 0 aromatic carbocycles. The van der Waals surface area contributed by atoms with Gasteiger partial charge in [-0.3, -0.25) is 0 Å². The van der Waals surface area contributed by atoms with Crippen LogP contribution in [0.5, 0.6) is 0 Å². The van der Waals surface area contributed by atoms with Crippen molar-refractivity contribution in [1.29, 1.82) is 0 Å². The topological polar surface area (TPSA) is 3.24 Å². The Morgan fingerprint density at radius 1 is 1.67 bits per heavy atom. The fourth-order valence-electron chi connectivity index (χ4n) is 0.120. The van der Waals surface area contributed by atoms with Crippen LogP contribution in [0.2, 0.25) is 0 Å². The lowest BCUT2D eigenvalue weighted by Crippen LogP contribution is -1.80. The third-order valence-corrected chi connectivity index (χ3v) is 0.833. The predicted octanol–water partition coefficient (Wildman–Crippen LogP) is 1.67. The maximum Gasteiger partial charge on any atom is 0.0369 e. The minimum Gasteiger partial charge on any atom is -0.0977 e. The summed E-state index contributed by atoms with van der Waals surface area (Å²) in [5.41, 5.74) is 0. The van der Waals surface area contributed by atoms with Gasteiger partial charge in [-0.2, -0.15) is 0 Å². The summed E-state index contributed by atoms with van der Waals surface area (Å²) in [6.45, 7) is 1.71. The summed E-state index contributed by atoms with van der Waals surface area (Å²) in [5.74, 6) is 0. The Morgan fingerprint density at radius 3 is 2.17 bits per heavy atom. The third kappa shape index (κ3) is 4.25. The molecular weight excluding hydrogens is 107 g/mol. The first-order valence-electron chi connectivity index (χ1n) is 1.62. The van der Waals surface area contributed by atoms with E-state index in [1.165, 1.54) is 0 Å². The van der Waals surface area contributed by atoms with E-state index >= 15 is 0 Å². The van der Waals surface area contributed by atoms with Crippen molar-refractivity contribution < 1.29 is 8.96 Å². The molecule has 1 atom stereocenters. The van der Waals surface area contributed by atoms with Crippen molar-refractivity contribution in [2.75, 3.05) is 6.16 Å². The molecule has 0 aliphatic carbocycles. The lowest BCUT2D eigenvalue weighted by atomic mass is 11.0. The SMILES string of the molecule is CCPN(F)F. The van der Waals surface area contributed by atoms with E-state index in [9.17, 15) is 8.96 Å². The highest BCUT2D eigenvalue weighted by molar-refractivity contribution is 7.34. The van der Waals surface area contributed by atoms with Crippen LogP contribution in [0, 0.1) is 0 Å². The van der Waals surface area contributed by atoms with E-state index in [1.54, 1.807) is 6.92 Å². The fraction of sp³-hybridized carbons (Fsp3) is 1.00. The normalized spacial score (nSPS) is 12.0. The molecule has 1 nitrogen and oxygen atoms in total. The molecule has 0 saturated heterocycles. The maximum absolute atomic E-state index is 10.9. The molecule has 0 rings (SSSR count). The monoisotopic (exact) mass is 113 g/mol. The molecule has 0 bridgehead atoms. The predicted molar refractivity (Wildman–Crippen MR) is 22.9 cm³/mol. The van der Waals surface area contributed by atoms with Crippen molar-refractivity contribution in [2.45, 2.75) is 6.92 Å². The molecule has 0 radical (unpaired) electrons. The van der Waals surface area contributed by atoms with E-state index in [0.717, 1.165) is 0 Å². The average Bonchev–Trinajstić information content (AvgIpc) is 1.35. The summed E-state index contributed by atoms with van der Waals surface area (Å²) >= 11 is 0. The Kier molecular flexibility index (Phi) is 3.58. The summed E-state index contributed by atoms with van der Waals surface area (Å²) in [6, 6.07) is 0. The zero-order valence-corrected chi connectivity index (χ0v) is 4.41. The van der Waals surface area contributed by atoms with Crippen LogP contribution in [-0.4, -0.2) is 11.3 Å². The summed E-state index contributed by atoms with van der Waals surface area (Å²) in [4.78, 5) is 0. The Hall–Kier alpha value is 0.250. The maximum atomic E-state index is 10.9. The van der Waals surface area contributed by atoms with Gasteiger partial charge >= 0.3 is 0 Å². The Balaban J connectivity index is 2.63. The second kappa shape index (κ2) is 3.44. The number of halogens is 2. The Labute approximate surface area is 37.0 Å². The van der Waals surface area contributed by atoms with Gasteiger partial charge in [-0.1, -0.05) is 15.9 Å². The van der Waals surface area contributed by atoms with Crippen LogP contribution >= 0.6 is 8.73 Å². The standard InChI is InChI=1S/C2H6F2NP/c1-2-6-5(3)4/h6H,2H2,1H3. The van der Waals surface area contributed by atoms with Crippen molar-refractivity contribution in [3.05, 3.63) is 0 Å². The quantitative estimate of drug-likeness (QED) is 0.389. The minimum atomic E-state index is -0.792. The van der Waals surface area contributed by atoms with Gasteiger partial charge in [-0.15, -0.1) is 0 Å². The number of rotatable bonds is 2. The lowest BCUT2D eigenvalue weighted by Gasteiger charge is -1.91. The van der Waals surface area contributed by atoms with E-state index in [1.807, 2.05) is 0 Å². The average molecular weight is 113 g/mol. The van der Waals surface area contributed by atoms with Crippen LogP contribution in [0.25, 0.3) is 0 Å². The van der Waals surface area contributed by atoms with Gasteiger partial charge in [0.25, 0.3) is 0 Å². The minimum absolute atomic E-state index is 0.329. The molecule has 0 heterocycles. The van der Waals surface area contributed by atoms with Gasteiger partial charge in [-0.05, 0) is 6.16 Å². The molecule has 0 aliphatic heterocycles. The summed E-state index contributed by atoms with van der Waals surface area (Å²) in [7, 11) is -0.329. The van der Waals surface area contributed by atoms with Gasteiger partial charge in [-0.25, -0.2) is 0 Å². The second-order valence-corrected chi connectivity index (χ2v) is 2.11. The van der Waals surface area contributed by atoms with E-state index in [0.29, 0.717) is 6.16 Å². The second-order valence-electron chi connectivity index (χ2n) is 0.745. The van der Waals surface area contributed by atoms with Crippen molar-refractivity contribution >= 4 is 8.73 Å². The largest absolute Gasteiger partial charge is 0.0977 e. The van der Waals surface area contributed by atoms with Gasteiger partial charge in [0.2, 0.25) is 0 Å². The van der Waals surface area contributed by atoms with Gasteiger partial charge < -0.3 is 0 Å². The van der Waals surface area contributed by atoms with Crippen molar-refractivity contribution in [2.24, 2.45) is 0 Å². The van der Waals surface area contributed by atoms with Crippen molar-refractivity contribution in [3.63, 3.8) is 0 Å². The smallest absolute Gasteiger partial charge is 0.0369 e. The van der Waals surface area contributed by atoms with Crippen LogP contribution in [0.4, 0.5) is 8.96 Å². The number of hydrogen-bond donors (Lipinski definition) is 0. The van der Waals surface area contributed by atoms with Gasteiger partial charge in [0.1, 0.15) is 0 Å². The first kappa shape index (κ1) is 6.25. The third-order valence-electron chi connectivity index (χ3n) is 0.278. The van der Waals surface area contributed by atoms with Crippen LogP contribution < -0.4 is 0 Å². The molecule has 0 aromatic rings. The van der Waals surface area contributed by atoms with Crippen molar-refractivity contribution in [3.8, 4) is 0 Å². The van der Waals surface area contributed by atoms with Crippen LogP contribution in [0.15, 0.2) is 0 Å². The molecule has 0 amide bonds. The zero-order valence-electron chi connectivity index (χ0n) is 3.41. The molecule has 0 aliphatic rings. The van der Waals surface area contributed by atoms with Gasteiger partial charge in [0.05, 0.1) is 0 Å². The molecule has 0 spiro atoms. The first-order chi connectivity index (χ1) is 2.77. The fourth-order valence-corrected chi connectivity index (χ4v) is 0.359. The molecule has 0 N–H and O–H groups in total. The van der Waals surface area contributed by atoms with E-state index < -0.39 is 5.11 Å². The molecule has 6 heavy (non-hydrogen) atoms. The highest BCUT2D eigenvalue weighted by Gasteiger charge is 1.90. The summed E-state index contributed by atoms with van der Waals surface area (Å²) in [5, 5.41) is -0.792. The van der Waals surface area contributed by atoms with E-state index in [-0.39, 0.29) is 8.73 Å². The Morgan fingerprint density at radius 2 is 2.17 bits per heavy atom. The zero-order chi connectivity index (χ0) is 4.99. The molecule has 4 heteroatoms. The Bertz CT molecular complexity index is 32.7. The highest BCUT2D eigenvalue weighted by Crippen LogP contribution is 2.16. The molecule has 38 valence electrons. The summed E-state index contributed by atoms with van der Waals surface area (Å²) in [6.07, 6.45) is 0.535.